The van der Waals surface area contributed by atoms with Crippen molar-refractivity contribution in [2.75, 3.05) is 5.21 Å². The number of benzene rings is 6. The molecule has 256 valence electrons. The van der Waals surface area contributed by atoms with Gasteiger partial charge in [-0.1, -0.05) is 133 Å². The van der Waals surface area contributed by atoms with Crippen LogP contribution in [-0.2, 0) is 26.4 Å². The predicted octanol–water partition coefficient (Wildman–Crippen LogP) is 11.2. The van der Waals surface area contributed by atoms with Gasteiger partial charge >= 0.3 is 0 Å². The van der Waals surface area contributed by atoms with Crippen molar-refractivity contribution in [2.24, 2.45) is 0 Å². The third-order valence-corrected chi connectivity index (χ3v) is 9.00. The Morgan fingerprint density at radius 2 is 0.922 bits per heavy atom. The molecule has 0 bridgehead atoms. The number of ether oxygens (including phenoxy) is 4. The van der Waals surface area contributed by atoms with E-state index in [1.54, 1.807) is 18.2 Å². The minimum atomic E-state index is -0.244. The van der Waals surface area contributed by atoms with Crippen LogP contribution in [0.25, 0.3) is 6.08 Å². The zero-order valence-electron chi connectivity index (χ0n) is 28.0. The fourth-order valence-electron chi connectivity index (χ4n) is 5.27. The minimum absolute atomic E-state index is 0.223. The van der Waals surface area contributed by atoms with Crippen LogP contribution in [0.4, 0.5) is 0 Å². The number of hydrogen-bond donors (Lipinski definition) is 0. The topological polar surface area (TPSA) is 54.0 Å². The van der Waals surface area contributed by atoms with E-state index in [4.69, 9.17) is 30.5 Å². The van der Waals surface area contributed by atoms with Gasteiger partial charge in [0, 0.05) is 0 Å². The van der Waals surface area contributed by atoms with Gasteiger partial charge in [0.05, 0.1) is 15.7 Å². The lowest BCUT2D eigenvalue weighted by atomic mass is 10.1. The molecule has 0 atom stereocenters. The Labute approximate surface area is 308 Å². The van der Waals surface area contributed by atoms with Gasteiger partial charge < -0.3 is 18.9 Å². The van der Waals surface area contributed by atoms with Crippen molar-refractivity contribution >= 4 is 35.2 Å². The Morgan fingerprint density at radius 1 is 0.510 bits per heavy atom. The summed E-state index contributed by atoms with van der Waals surface area (Å²) >= 11 is 7.61. The molecule has 0 aliphatic rings. The van der Waals surface area contributed by atoms with Gasteiger partial charge in [0.25, 0.3) is 0 Å². The van der Waals surface area contributed by atoms with Crippen LogP contribution in [0.5, 0.6) is 23.0 Å². The van der Waals surface area contributed by atoms with Crippen LogP contribution in [0.3, 0.4) is 0 Å². The molecule has 0 spiro atoms. The summed E-state index contributed by atoms with van der Waals surface area (Å²) in [6, 6.07) is 48.9. The summed E-state index contributed by atoms with van der Waals surface area (Å²) in [5, 5.41) is 0.223. The molecular formula is C44H37ClO5S. The Bertz CT molecular complexity index is 2020. The first kappa shape index (κ1) is 35.4. The number of rotatable bonds is 17. The summed E-state index contributed by atoms with van der Waals surface area (Å²) in [7, 11) is 0. The first-order chi connectivity index (χ1) is 25.2. The van der Waals surface area contributed by atoms with Crippen LogP contribution in [0.15, 0.2) is 163 Å². The van der Waals surface area contributed by atoms with Gasteiger partial charge in [0.1, 0.15) is 37.9 Å². The van der Waals surface area contributed by atoms with Gasteiger partial charge in [-0.25, -0.2) is 0 Å². The number of thioether (sulfide) groups is 1. The number of halogens is 1. The fraction of sp³-hybridized carbons (Fsp3) is 0.114. The van der Waals surface area contributed by atoms with Crippen molar-refractivity contribution in [1.82, 2.24) is 0 Å². The van der Waals surface area contributed by atoms with Gasteiger partial charge in [-0.15, -0.1) is 23.4 Å². The van der Waals surface area contributed by atoms with Crippen LogP contribution in [0.1, 0.15) is 38.2 Å². The highest BCUT2D eigenvalue weighted by molar-refractivity contribution is 8.00. The van der Waals surface area contributed by atoms with E-state index in [-0.39, 0.29) is 11.0 Å². The van der Waals surface area contributed by atoms with Gasteiger partial charge in [0.2, 0.25) is 0 Å². The first-order valence-electron chi connectivity index (χ1n) is 16.6. The van der Waals surface area contributed by atoms with E-state index in [1.807, 2.05) is 146 Å². The second-order valence-corrected chi connectivity index (χ2v) is 13.1. The molecule has 0 heterocycles. The number of alkyl halides is 1. The number of carbonyl (C=O) groups is 1. The smallest absolute Gasteiger partial charge is 0.190 e. The highest BCUT2D eigenvalue weighted by Gasteiger charge is 2.22. The summed E-state index contributed by atoms with van der Waals surface area (Å²) in [6.07, 6.45) is 3.32. The second kappa shape index (κ2) is 18.5. The van der Waals surface area contributed by atoms with Gasteiger partial charge in [-0.05, 0) is 58.2 Å². The zero-order valence-corrected chi connectivity index (χ0v) is 29.5. The van der Waals surface area contributed by atoms with E-state index in [1.165, 1.54) is 11.8 Å². The van der Waals surface area contributed by atoms with Crippen LogP contribution in [-0.4, -0.2) is 11.0 Å². The van der Waals surface area contributed by atoms with Crippen molar-refractivity contribution in [2.45, 2.75) is 31.3 Å². The molecule has 6 rings (SSSR count). The Balaban J connectivity index is 1.29. The largest absolute Gasteiger partial charge is 0.488 e. The molecule has 0 saturated carbocycles. The lowest BCUT2D eigenvalue weighted by Crippen LogP contribution is -2.07. The van der Waals surface area contributed by atoms with Crippen molar-refractivity contribution in [3.05, 3.63) is 191 Å². The molecule has 6 aromatic carbocycles. The third kappa shape index (κ3) is 10.3. The van der Waals surface area contributed by atoms with E-state index >= 15 is 0 Å². The standard InChI is InChI=1S/C44H37ClO5S/c45-32-51-44-41(49-30-36-17-9-3-10-18-36)26-25-40(48-29-35-15-7-2-8-16-35)43(44)38(46)23-21-33-22-24-39(47-28-34-13-5-1-6-14-34)42(27-33)50-31-37-19-11-4-12-20-37/h1-27H,28-32H2/b23-21+. The van der Waals surface area contributed by atoms with E-state index in [9.17, 15) is 4.79 Å². The summed E-state index contributed by atoms with van der Waals surface area (Å²) in [5.41, 5.74) is 5.24. The van der Waals surface area contributed by atoms with E-state index in [2.05, 4.69) is 0 Å². The third-order valence-electron chi connectivity index (χ3n) is 7.87. The van der Waals surface area contributed by atoms with Gasteiger partial charge in [-0.3, -0.25) is 4.79 Å². The average molecular weight is 713 g/mol. The monoisotopic (exact) mass is 712 g/mol. The normalized spacial score (nSPS) is 10.9. The van der Waals surface area contributed by atoms with Crippen molar-refractivity contribution in [3.8, 4) is 23.0 Å². The van der Waals surface area contributed by atoms with Crippen molar-refractivity contribution in [3.63, 3.8) is 0 Å². The van der Waals surface area contributed by atoms with E-state index in [0.29, 0.717) is 59.9 Å². The maximum atomic E-state index is 14.2. The molecule has 7 heteroatoms. The molecule has 6 aromatic rings. The van der Waals surface area contributed by atoms with Crippen LogP contribution >= 0.6 is 23.4 Å². The Morgan fingerprint density at radius 3 is 1.41 bits per heavy atom. The maximum absolute atomic E-state index is 14.2. The maximum Gasteiger partial charge on any atom is 0.190 e. The number of ketones is 1. The second-order valence-electron chi connectivity index (χ2n) is 11.5. The Kier molecular flexibility index (Phi) is 12.9. The summed E-state index contributed by atoms with van der Waals surface area (Å²) < 4.78 is 25.0. The summed E-state index contributed by atoms with van der Waals surface area (Å²) in [4.78, 5) is 14.8. The highest BCUT2D eigenvalue weighted by Crippen LogP contribution is 2.40. The lowest BCUT2D eigenvalue weighted by Gasteiger charge is -2.18. The fourth-order valence-corrected chi connectivity index (χ4v) is 6.32. The number of carbonyl (C=O) groups excluding carboxylic acids is 1. The molecule has 0 aliphatic carbocycles. The molecule has 0 unspecified atom stereocenters. The van der Waals surface area contributed by atoms with Crippen LogP contribution in [0, 0.1) is 0 Å². The minimum Gasteiger partial charge on any atom is -0.488 e. The molecule has 0 N–H and O–H groups in total. The molecule has 0 aliphatic heterocycles. The average Bonchev–Trinajstić information content (AvgIpc) is 3.19. The van der Waals surface area contributed by atoms with E-state index in [0.717, 1.165) is 27.8 Å². The van der Waals surface area contributed by atoms with Gasteiger partial charge in [-0.2, -0.15) is 0 Å². The molecule has 0 fully saturated rings. The molecule has 51 heavy (non-hydrogen) atoms. The molecule has 0 aromatic heterocycles. The molecule has 0 saturated heterocycles. The zero-order chi connectivity index (χ0) is 35.1. The summed E-state index contributed by atoms with van der Waals surface area (Å²) in [6.45, 7) is 1.40. The van der Waals surface area contributed by atoms with Crippen molar-refractivity contribution in [1.29, 1.82) is 0 Å². The van der Waals surface area contributed by atoms with Crippen LogP contribution < -0.4 is 18.9 Å². The SMILES string of the molecule is O=C(/C=C/c1ccc(OCc2ccccc2)c(OCc2ccccc2)c1)c1c(OCc2ccccc2)ccc(OCc2ccccc2)c1SCCl. The number of hydrogen-bond acceptors (Lipinski definition) is 6. The van der Waals surface area contributed by atoms with Crippen LogP contribution in [0.2, 0.25) is 0 Å². The number of allylic oxidation sites excluding steroid dienone is 1. The predicted molar refractivity (Wildman–Crippen MR) is 206 cm³/mol. The molecule has 0 radical (unpaired) electrons. The molecule has 0 amide bonds. The first-order valence-corrected chi connectivity index (χ1v) is 18.1. The molecule has 5 nitrogen and oxygen atoms in total. The lowest BCUT2D eigenvalue weighted by molar-refractivity contribution is 0.103. The molecular weight excluding hydrogens is 676 g/mol. The van der Waals surface area contributed by atoms with Crippen molar-refractivity contribution < 1.29 is 23.7 Å². The quantitative estimate of drug-likeness (QED) is 0.0406. The summed E-state index contributed by atoms with van der Waals surface area (Å²) in [5.74, 6) is 1.95. The van der Waals surface area contributed by atoms with E-state index < -0.39 is 0 Å². The Hall–Kier alpha value is -5.43. The van der Waals surface area contributed by atoms with Gasteiger partial charge in [0.15, 0.2) is 17.3 Å². The highest BCUT2D eigenvalue weighted by atomic mass is 35.5.